The van der Waals surface area contributed by atoms with E-state index in [0.717, 1.165) is 13.0 Å². The minimum absolute atomic E-state index is 0.331. The maximum atomic E-state index is 5.81. The Kier molecular flexibility index (Phi) is 4.43. The molecule has 1 aromatic rings. The fourth-order valence-corrected chi connectivity index (χ4v) is 2.61. The van der Waals surface area contributed by atoms with Crippen molar-refractivity contribution >= 4 is 5.69 Å². The lowest BCUT2D eigenvalue weighted by atomic mass is 10.1. The molecule has 2 rings (SSSR count). The van der Waals surface area contributed by atoms with Crippen molar-refractivity contribution in [3.05, 3.63) is 29.8 Å². The summed E-state index contributed by atoms with van der Waals surface area (Å²) in [4.78, 5) is 2.55. The van der Waals surface area contributed by atoms with Crippen molar-refractivity contribution in [3.63, 3.8) is 0 Å². The molecule has 0 aromatic heterocycles. The standard InChI is InChI=1S/C15H24N2/c1-13(16)7-6-12-17-11-5-4-9-14-8-2-3-10-15(14)17/h2-3,8,10,13H,4-7,9,11-12,16H2,1H3. The first-order chi connectivity index (χ1) is 8.27. The molecular formula is C15H24N2. The van der Waals surface area contributed by atoms with Crippen LogP contribution in [0.3, 0.4) is 0 Å². The quantitative estimate of drug-likeness (QED) is 0.865. The van der Waals surface area contributed by atoms with Crippen LogP contribution in [0, 0.1) is 0 Å². The zero-order valence-electron chi connectivity index (χ0n) is 10.9. The number of aryl methyl sites for hydroxylation is 1. The summed E-state index contributed by atoms with van der Waals surface area (Å²) in [6.45, 7) is 4.45. The van der Waals surface area contributed by atoms with Gasteiger partial charge in [0.15, 0.2) is 0 Å². The van der Waals surface area contributed by atoms with Crippen LogP contribution in [0.15, 0.2) is 24.3 Å². The van der Waals surface area contributed by atoms with Gasteiger partial charge in [0.2, 0.25) is 0 Å². The van der Waals surface area contributed by atoms with E-state index in [0.29, 0.717) is 6.04 Å². The molecule has 0 radical (unpaired) electrons. The van der Waals surface area contributed by atoms with Gasteiger partial charge in [0.05, 0.1) is 0 Å². The number of hydrogen-bond acceptors (Lipinski definition) is 2. The molecule has 2 heteroatoms. The molecular weight excluding hydrogens is 208 g/mol. The Morgan fingerprint density at radius 2 is 2.12 bits per heavy atom. The number of benzene rings is 1. The molecule has 0 saturated carbocycles. The monoisotopic (exact) mass is 232 g/mol. The Bertz CT molecular complexity index is 347. The lowest BCUT2D eigenvalue weighted by Crippen LogP contribution is -2.27. The summed E-state index contributed by atoms with van der Waals surface area (Å²) in [5.41, 5.74) is 8.79. The molecule has 0 aliphatic carbocycles. The maximum absolute atomic E-state index is 5.81. The topological polar surface area (TPSA) is 29.3 Å². The molecule has 1 atom stereocenters. The van der Waals surface area contributed by atoms with Crippen LogP contribution in [0.1, 0.15) is 38.2 Å². The van der Waals surface area contributed by atoms with Gasteiger partial charge in [0, 0.05) is 24.8 Å². The van der Waals surface area contributed by atoms with E-state index in [1.807, 2.05) is 0 Å². The van der Waals surface area contributed by atoms with E-state index < -0.39 is 0 Å². The zero-order valence-corrected chi connectivity index (χ0v) is 10.9. The second-order valence-corrected chi connectivity index (χ2v) is 5.19. The molecule has 0 saturated heterocycles. The van der Waals surface area contributed by atoms with Crippen molar-refractivity contribution in [3.8, 4) is 0 Å². The molecule has 1 aliphatic rings. The molecule has 0 spiro atoms. The Balaban J connectivity index is 2.01. The summed E-state index contributed by atoms with van der Waals surface area (Å²) >= 11 is 0. The van der Waals surface area contributed by atoms with Gasteiger partial charge in [-0.25, -0.2) is 0 Å². The van der Waals surface area contributed by atoms with E-state index in [-0.39, 0.29) is 0 Å². The highest BCUT2D eigenvalue weighted by Crippen LogP contribution is 2.26. The van der Waals surface area contributed by atoms with Gasteiger partial charge in [0.1, 0.15) is 0 Å². The van der Waals surface area contributed by atoms with E-state index in [2.05, 4.69) is 36.1 Å². The van der Waals surface area contributed by atoms with Gasteiger partial charge in [-0.1, -0.05) is 18.2 Å². The minimum Gasteiger partial charge on any atom is -0.371 e. The first-order valence-electron chi connectivity index (χ1n) is 6.86. The van der Waals surface area contributed by atoms with E-state index >= 15 is 0 Å². The Labute approximate surface area is 105 Å². The molecule has 94 valence electrons. The van der Waals surface area contributed by atoms with Gasteiger partial charge in [0.25, 0.3) is 0 Å². The Hall–Kier alpha value is -1.02. The molecule has 0 amide bonds. The van der Waals surface area contributed by atoms with Crippen molar-refractivity contribution in [1.29, 1.82) is 0 Å². The number of fused-ring (bicyclic) bond motifs is 1. The molecule has 1 heterocycles. The summed E-state index contributed by atoms with van der Waals surface area (Å²) < 4.78 is 0. The number of hydrogen-bond donors (Lipinski definition) is 1. The van der Waals surface area contributed by atoms with Gasteiger partial charge < -0.3 is 10.6 Å². The molecule has 1 aromatic carbocycles. The first kappa shape index (κ1) is 12.4. The largest absolute Gasteiger partial charge is 0.371 e. The summed E-state index contributed by atoms with van der Waals surface area (Å²) in [7, 11) is 0. The molecule has 0 bridgehead atoms. The predicted molar refractivity (Wildman–Crippen MR) is 74.5 cm³/mol. The van der Waals surface area contributed by atoms with Crippen LogP contribution in [-0.2, 0) is 6.42 Å². The third-order valence-corrected chi connectivity index (χ3v) is 3.54. The van der Waals surface area contributed by atoms with Crippen LogP contribution in [0.4, 0.5) is 5.69 Å². The highest BCUT2D eigenvalue weighted by atomic mass is 15.1. The lowest BCUT2D eigenvalue weighted by molar-refractivity contribution is 0.604. The second kappa shape index (κ2) is 6.06. The van der Waals surface area contributed by atoms with Gasteiger partial charge >= 0.3 is 0 Å². The van der Waals surface area contributed by atoms with Crippen molar-refractivity contribution in [2.75, 3.05) is 18.0 Å². The molecule has 17 heavy (non-hydrogen) atoms. The predicted octanol–water partition coefficient (Wildman–Crippen LogP) is 2.96. The number of rotatable bonds is 4. The van der Waals surface area contributed by atoms with Crippen LogP contribution in [0.5, 0.6) is 0 Å². The van der Waals surface area contributed by atoms with Crippen molar-refractivity contribution < 1.29 is 0 Å². The summed E-state index contributed by atoms with van der Waals surface area (Å²) in [6, 6.07) is 9.19. The smallest absolute Gasteiger partial charge is 0.0398 e. The number of anilines is 1. The highest BCUT2D eigenvalue weighted by molar-refractivity contribution is 5.54. The van der Waals surface area contributed by atoms with E-state index in [9.17, 15) is 0 Å². The zero-order chi connectivity index (χ0) is 12.1. The van der Waals surface area contributed by atoms with Crippen molar-refractivity contribution in [1.82, 2.24) is 0 Å². The van der Waals surface area contributed by atoms with Crippen LogP contribution >= 0.6 is 0 Å². The maximum Gasteiger partial charge on any atom is 0.0398 e. The Morgan fingerprint density at radius 3 is 2.94 bits per heavy atom. The van der Waals surface area contributed by atoms with Crippen molar-refractivity contribution in [2.24, 2.45) is 5.73 Å². The van der Waals surface area contributed by atoms with E-state index in [4.69, 9.17) is 5.73 Å². The number of para-hydroxylation sites is 1. The number of nitrogens with two attached hydrogens (primary N) is 1. The molecule has 2 N–H and O–H groups in total. The fraction of sp³-hybridized carbons (Fsp3) is 0.600. The fourth-order valence-electron chi connectivity index (χ4n) is 2.61. The normalized spacial score (nSPS) is 17.4. The third kappa shape index (κ3) is 3.47. The average molecular weight is 232 g/mol. The van der Waals surface area contributed by atoms with Crippen LogP contribution in [-0.4, -0.2) is 19.1 Å². The Morgan fingerprint density at radius 1 is 1.29 bits per heavy atom. The molecule has 2 nitrogen and oxygen atoms in total. The highest BCUT2D eigenvalue weighted by Gasteiger charge is 2.14. The van der Waals surface area contributed by atoms with Crippen LogP contribution < -0.4 is 10.6 Å². The summed E-state index contributed by atoms with van der Waals surface area (Å²) in [5.74, 6) is 0. The van der Waals surface area contributed by atoms with Gasteiger partial charge in [-0.15, -0.1) is 0 Å². The SMILES string of the molecule is CC(N)CCCN1CCCCc2ccccc21. The summed E-state index contributed by atoms with van der Waals surface area (Å²) in [5, 5.41) is 0. The van der Waals surface area contributed by atoms with Gasteiger partial charge in [-0.3, -0.25) is 0 Å². The van der Waals surface area contributed by atoms with Gasteiger partial charge in [-0.2, -0.15) is 0 Å². The second-order valence-electron chi connectivity index (χ2n) is 5.19. The molecule has 0 fully saturated rings. The first-order valence-corrected chi connectivity index (χ1v) is 6.86. The average Bonchev–Trinajstić information content (AvgIpc) is 2.52. The van der Waals surface area contributed by atoms with Crippen LogP contribution in [0.2, 0.25) is 0 Å². The molecule has 1 unspecified atom stereocenters. The van der Waals surface area contributed by atoms with E-state index in [1.54, 1.807) is 0 Å². The molecule has 1 aliphatic heterocycles. The van der Waals surface area contributed by atoms with Crippen molar-refractivity contribution in [2.45, 2.75) is 45.1 Å². The summed E-state index contributed by atoms with van der Waals surface area (Å²) in [6.07, 6.45) is 6.19. The minimum atomic E-state index is 0.331. The third-order valence-electron chi connectivity index (χ3n) is 3.54. The van der Waals surface area contributed by atoms with Gasteiger partial charge in [-0.05, 0) is 50.7 Å². The van der Waals surface area contributed by atoms with Crippen LogP contribution in [0.25, 0.3) is 0 Å². The number of nitrogens with zero attached hydrogens (tertiary/aromatic N) is 1. The van der Waals surface area contributed by atoms with E-state index in [1.165, 1.54) is 43.5 Å². The lowest BCUT2D eigenvalue weighted by Gasteiger charge is -2.25.